The van der Waals surface area contributed by atoms with Crippen LogP contribution in [0.1, 0.15) is 29.8 Å². The molecule has 1 aliphatic carbocycles. The van der Waals surface area contributed by atoms with Crippen molar-refractivity contribution in [2.75, 3.05) is 13.2 Å². The Morgan fingerprint density at radius 3 is 2.75 bits per heavy atom. The van der Waals surface area contributed by atoms with Crippen LogP contribution in [0.5, 0.6) is 0 Å². The number of carboxylic acid groups (broad SMARTS) is 1. The van der Waals surface area contributed by atoms with Gasteiger partial charge in [-0.25, -0.2) is 4.79 Å². The molecule has 1 N–H and O–H groups in total. The lowest BCUT2D eigenvalue weighted by Crippen LogP contribution is -2.30. The van der Waals surface area contributed by atoms with Crippen molar-refractivity contribution < 1.29 is 14.6 Å². The molecule has 6 nitrogen and oxygen atoms in total. The molecule has 6 heteroatoms. The fraction of sp³-hybridized carbons (Fsp3) is 0.643. The van der Waals surface area contributed by atoms with Crippen molar-refractivity contribution in [3.05, 3.63) is 27.4 Å². The largest absolute Gasteiger partial charge is 0.481 e. The lowest BCUT2D eigenvalue weighted by atomic mass is 10.1. The monoisotopic (exact) mass is 280 g/mol. The standard InChI is InChI=1S/C14H20N2O4/c1-9-12(7-13(17)18)10(2)16(14(19)15-9)5-6-20-8-11-3-4-11/h11H,3-8H2,1-2H3,(H,17,18). The SMILES string of the molecule is Cc1nc(=O)n(CCOCC2CC2)c(C)c1CC(=O)O. The minimum atomic E-state index is -0.923. The summed E-state index contributed by atoms with van der Waals surface area (Å²) in [7, 11) is 0. The number of hydrogen-bond donors (Lipinski definition) is 1. The van der Waals surface area contributed by atoms with Crippen LogP contribution in [0, 0.1) is 19.8 Å². The molecule has 0 saturated heterocycles. The van der Waals surface area contributed by atoms with Crippen molar-refractivity contribution in [3.63, 3.8) is 0 Å². The maximum atomic E-state index is 11.9. The molecule has 1 aliphatic rings. The first kappa shape index (κ1) is 14.7. The van der Waals surface area contributed by atoms with Crippen LogP contribution in [0.15, 0.2) is 4.79 Å². The van der Waals surface area contributed by atoms with Gasteiger partial charge >= 0.3 is 11.7 Å². The highest BCUT2D eigenvalue weighted by atomic mass is 16.5. The molecular weight excluding hydrogens is 260 g/mol. The van der Waals surface area contributed by atoms with Gasteiger partial charge in [0.05, 0.1) is 19.6 Å². The highest BCUT2D eigenvalue weighted by Gasteiger charge is 2.21. The Morgan fingerprint density at radius 1 is 1.45 bits per heavy atom. The van der Waals surface area contributed by atoms with Gasteiger partial charge in [-0.05, 0) is 32.6 Å². The second kappa shape index (κ2) is 6.17. The van der Waals surface area contributed by atoms with E-state index in [1.54, 1.807) is 13.8 Å². The lowest BCUT2D eigenvalue weighted by Gasteiger charge is -2.14. The van der Waals surface area contributed by atoms with Gasteiger partial charge in [0.1, 0.15) is 0 Å². The van der Waals surface area contributed by atoms with E-state index in [4.69, 9.17) is 9.84 Å². The Morgan fingerprint density at radius 2 is 2.15 bits per heavy atom. The number of carboxylic acids is 1. The molecule has 0 aliphatic heterocycles. The predicted octanol–water partition coefficient (Wildman–Crippen LogP) is 0.914. The van der Waals surface area contributed by atoms with Crippen LogP contribution in [0.2, 0.25) is 0 Å². The number of aryl methyl sites for hydroxylation is 1. The normalized spacial score (nSPS) is 14.5. The molecule has 0 bridgehead atoms. The summed E-state index contributed by atoms with van der Waals surface area (Å²) < 4.78 is 7.02. The first-order valence-corrected chi connectivity index (χ1v) is 6.85. The minimum absolute atomic E-state index is 0.117. The highest BCUT2D eigenvalue weighted by Crippen LogP contribution is 2.28. The number of rotatable bonds is 7. The van der Waals surface area contributed by atoms with Crippen LogP contribution < -0.4 is 5.69 Å². The number of hydrogen-bond acceptors (Lipinski definition) is 4. The van der Waals surface area contributed by atoms with E-state index in [2.05, 4.69) is 4.98 Å². The summed E-state index contributed by atoms with van der Waals surface area (Å²) in [5.74, 6) is -0.236. The van der Waals surface area contributed by atoms with Gasteiger partial charge in [0, 0.05) is 23.6 Å². The summed E-state index contributed by atoms with van der Waals surface area (Å²) in [6.45, 7) is 5.04. The zero-order chi connectivity index (χ0) is 14.7. The van der Waals surface area contributed by atoms with Gasteiger partial charge in [-0.1, -0.05) is 0 Å². The summed E-state index contributed by atoms with van der Waals surface area (Å²) in [6, 6.07) is 0. The van der Waals surface area contributed by atoms with Crippen LogP contribution in [0.25, 0.3) is 0 Å². The summed E-state index contributed by atoms with van der Waals surface area (Å²) in [6.07, 6.45) is 2.34. The summed E-state index contributed by atoms with van der Waals surface area (Å²) in [4.78, 5) is 26.7. The predicted molar refractivity (Wildman–Crippen MR) is 72.9 cm³/mol. The Hall–Kier alpha value is -1.69. The summed E-state index contributed by atoms with van der Waals surface area (Å²) in [5, 5.41) is 8.92. The zero-order valence-electron chi connectivity index (χ0n) is 11.9. The molecule has 0 spiro atoms. The van der Waals surface area contributed by atoms with Crippen molar-refractivity contribution >= 4 is 5.97 Å². The van der Waals surface area contributed by atoms with Gasteiger partial charge in [0.15, 0.2) is 0 Å². The maximum Gasteiger partial charge on any atom is 0.348 e. The fourth-order valence-corrected chi connectivity index (χ4v) is 2.20. The van der Waals surface area contributed by atoms with Gasteiger partial charge in [-0.15, -0.1) is 0 Å². The average molecular weight is 280 g/mol. The third kappa shape index (κ3) is 3.66. The van der Waals surface area contributed by atoms with E-state index in [-0.39, 0.29) is 12.1 Å². The molecule has 1 heterocycles. The number of aromatic nitrogens is 2. The first-order chi connectivity index (χ1) is 9.49. The Bertz CT molecular complexity index is 561. The van der Waals surface area contributed by atoms with Crippen LogP contribution in [0.4, 0.5) is 0 Å². The third-order valence-electron chi connectivity index (χ3n) is 3.61. The zero-order valence-corrected chi connectivity index (χ0v) is 11.9. The van der Waals surface area contributed by atoms with Gasteiger partial charge in [-0.3, -0.25) is 9.36 Å². The Kier molecular flexibility index (Phi) is 4.54. The second-order valence-corrected chi connectivity index (χ2v) is 5.28. The molecule has 0 unspecified atom stereocenters. The first-order valence-electron chi connectivity index (χ1n) is 6.85. The van der Waals surface area contributed by atoms with Gasteiger partial charge in [0.25, 0.3) is 0 Å². The van der Waals surface area contributed by atoms with Crippen LogP contribution >= 0.6 is 0 Å². The van der Waals surface area contributed by atoms with Crippen molar-refractivity contribution in [1.29, 1.82) is 0 Å². The number of nitrogens with zero attached hydrogens (tertiary/aromatic N) is 2. The topological polar surface area (TPSA) is 81.4 Å². The van der Waals surface area contributed by atoms with Crippen molar-refractivity contribution in [1.82, 2.24) is 9.55 Å². The quantitative estimate of drug-likeness (QED) is 0.751. The highest BCUT2D eigenvalue weighted by molar-refractivity contribution is 5.70. The van der Waals surface area contributed by atoms with Crippen molar-refractivity contribution in [2.45, 2.75) is 39.7 Å². The molecule has 0 radical (unpaired) electrons. The molecule has 20 heavy (non-hydrogen) atoms. The molecule has 0 amide bonds. The molecule has 110 valence electrons. The van der Waals surface area contributed by atoms with Gasteiger partial charge < -0.3 is 9.84 Å². The van der Waals surface area contributed by atoms with E-state index >= 15 is 0 Å². The Labute approximate surface area is 117 Å². The molecule has 1 fully saturated rings. The Balaban J connectivity index is 2.09. The molecule has 2 rings (SSSR count). The van der Waals surface area contributed by atoms with E-state index in [9.17, 15) is 9.59 Å². The summed E-state index contributed by atoms with van der Waals surface area (Å²) >= 11 is 0. The van der Waals surface area contributed by atoms with Crippen LogP contribution in [0.3, 0.4) is 0 Å². The molecule has 0 atom stereocenters. The lowest BCUT2D eigenvalue weighted by molar-refractivity contribution is -0.136. The summed E-state index contributed by atoms with van der Waals surface area (Å²) in [5.41, 5.74) is 1.42. The smallest absolute Gasteiger partial charge is 0.348 e. The van der Waals surface area contributed by atoms with E-state index in [1.807, 2.05) is 0 Å². The van der Waals surface area contributed by atoms with E-state index < -0.39 is 5.97 Å². The average Bonchev–Trinajstić information content (AvgIpc) is 3.17. The minimum Gasteiger partial charge on any atom is -0.481 e. The fourth-order valence-electron chi connectivity index (χ4n) is 2.20. The van der Waals surface area contributed by atoms with E-state index in [1.165, 1.54) is 17.4 Å². The molecule has 1 saturated carbocycles. The molecule has 0 aromatic carbocycles. The van der Waals surface area contributed by atoms with E-state index in [0.717, 1.165) is 6.61 Å². The van der Waals surface area contributed by atoms with E-state index in [0.29, 0.717) is 36.0 Å². The van der Waals surface area contributed by atoms with Crippen LogP contribution in [-0.2, 0) is 22.5 Å². The van der Waals surface area contributed by atoms with Gasteiger partial charge in [0.2, 0.25) is 0 Å². The maximum absolute atomic E-state index is 11.9. The second-order valence-electron chi connectivity index (χ2n) is 5.28. The van der Waals surface area contributed by atoms with Crippen LogP contribution in [-0.4, -0.2) is 33.8 Å². The number of aliphatic carboxylic acids is 1. The number of ether oxygens (including phenoxy) is 1. The molecule has 1 aromatic heterocycles. The van der Waals surface area contributed by atoms with Crippen molar-refractivity contribution in [2.24, 2.45) is 5.92 Å². The van der Waals surface area contributed by atoms with Crippen molar-refractivity contribution in [3.8, 4) is 0 Å². The molecular formula is C14H20N2O4. The third-order valence-corrected chi connectivity index (χ3v) is 3.61. The van der Waals surface area contributed by atoms with Gasteiger partial charge in [-0.2, -0.15) is 4.98 Å². The molecule has 1 aromatic rings. The number of carbonyl (C=O) groups is 1.